The quantitative estimate of drug-likeness (QED) is 0.673. The lowest BCUT2D eigenvalue weighted by Gasteiger charge is -2.54. The maximum absolute atomic E-state index is 13.5. The Morgan fingerprint density at radius 1 is 1.17 bits per heavy atom. The van der Waals surface area contributed by atoms with Gasteiger partial charge in [0.05, 0.1) is 36.8 Å². The van der Waals surface area contributed by atoms with Crippen LogP contribution >= 0.6 is 0 Å². The van der Waals surface area contributed by atoms with Crippen molar-refractivity contribution >= 4 is 11.9 Å². The third kappa shape index (κ3) is 4.27. The molecule has 0 unspecified atom stereocenters. The van der Waals surface area contributed by atoms with E-state index in [1.165, 1.54) is 0 Å². The molecule has 7 heteroatoms. The summed E-state index contributed by atoms with van der Waals surface area (Å²) in [5.41, 5.74) is 1.23. The average Bonchev–Trinajstić information content (AvgIpc) is 2.83. The molecular weight excluding hydrogens is 446 g/mol. The van der Waals surface area contributed by atoms with Gasteiger partial charge < -0.3 is 24.2 Å². The molecule has 35 heavy (non-hydrogen) atoms. The normalized spacial score (nSPS) is 26.5. The molecule has 4 atom stereocenters. The highest BCUT2D eigenvalue weighted by atomic mass is 16.5. The minimum absolute atomic E-state index is 0.0518. The highest BCUT2D eigenvalue weighted by Crippen LogP contribution is 2.54. The topological polar surface area (TPSA) is 85.3 Å². The first-order chi connectivity index (χ1) is 16.8. The van der Waals surface area contributed by atoms with E-state index < -0.39 is 11.6 Å². The van der Waals surface area contributed by atoms with Crippen LogP contribution in [0.5, 0.6) is 11.5 Å². The molecule has 2 saturated heterocycles. The fourth-order valence-electron chi connectivity index (χ4n) is 6.00. The van der Waals surface area contributed by atoms with Gasteiger partial charge >= 0.3 is 5.97 Å². The monoisotopic (exact) mass is 479 g/mol. The van der Waals surface area contributed by atoms with Crippen molar-refractivity contribution in [3.05, 3.63) is 59.2 Å². The van der Waals surface area contributed by atoms with E-state index in [4.69, 9.17) is 14.2 Å². The maximum atomic E-state index is 13.5. The third-order valence-corrected chi connectivity index (χ3v) is 7.68. The molecule has 3 aliphatic rings. The van der Waals surface area contributed by atoms with Crippen LogP contribution in [0.2, 0.25) is 0 Å². The van der Waals surface area contributed by atoms with E-state index in [9.17, 15) is 14.7 Å². The van der Waals surface area contributed by atoms with E-state index in [1.807, 2.05) is 24.0 Å². The zero-order chi connectivity index (χ0) is 24.7. The number of aromatic carboxylic acids is 1. The number of amides is 1. The third-order valence-electron chi connectivity index (χ3n) is 7.68. The van der Waals surface area contributed by atoms with Crippen molar-refractivity contribution < 1.29 is 28.9 Å². The molecule has 3 heterocycles. The zero-order valence-electron chi connectivity index (χ0n) is 20.5. The molecule has 1 N–H and O–H groups in total. The van der Waals surface area contributed by atoms with Crippen LogP contribution in [0.4, 0.5) is 0 Å². The van der Waals surface area contributed by atoms with Crippen LogP contribution < -0.4 is 9.47 Å². The molecule has 0 bridgehead atoms. The number of rotatable bonds is 5. The van der Waals surface area contributed by atoms with Crippen LogP contribution in [-0.2, 0) is 16.0 Å². The lowest BCUT2D eigenvalue weighted by atomic mass is 9.72. The van der Waals surface area contributed by atoms with Crippen molar-refractivity contribution in [1.29, 1.82) is 0 Å². The number of likely N-dealkylation sites (tertiary alicyclic amines) is 1. The van der Waals surface area contributed by atoms with Crippen molar-refractivity contribution in [2.75, 3.05) is 13.2 Å². The Morgan fingerprint density at radius 3 is 2.74 bits per heavy atom. The van der Waals surface area contributed by atoms with Crippen molar-refractivity contribution in [1.82, 2.24) is 4.90 Å². The summed E-state index contributed by atoms with van der Waals surface area (Å²) in [5, 5.41) is 9.53. The summed E-state index contributed by atoms with van der Waals surface area (Å²) < 4.78 is 19.1. The second-order valence-electron chi connectivity index (χ2n) is 10.2. The molecule has 5 rings (SSSR count). The largest absolute Gasteiger partial charge is 0.490 e. The molecule has 0 spiro atoms. The van der Waals surface area contributed by atoms with Crippen molar-refractivity contribution in [2.45, 2.75) is 70.3 Å². The molecule has 186 valence electrons. The van der Waals surface area contributed by atoms with Gasteiger partial charge in [0.1, 0.15) is 5.60 Å². The Balaban J connectivity index is 1.41. The summed E-state index contributed by atoms with van der Waals surface area (Å²) in [6.07, 6.45) is 2.40. The summed E-state index contributed by atoms with van der Waals surface area (Å²) in [6.45, 7) is 7.33. The number of nitrogens with zero attached hydrogens (tertiary/aromatic N) is 1. The first-order valence-electron chi connectivity index (χ1n) is 12.5. The predicted molar refractivity (Wildman–Crippen MR) is 130 cm³/mol. The summed E-state index contributed by atoms with van der Waals surface area (Å²) in [5.74, 6) is 0.490. The van der Waals surface area contributed by atoms with Crippen LogP contribution in [0.15, 0.2) is 42.5 Å². The Labute approximate surface area is 206 Å². The number of carbonyl (C=O) groups excluding carboxylic acids is 1. The highest BCUT2D eigenvalue weighted by molar-refractivity contribution is 5.91. The first kappa shape index (κ1) is 23.7. The summed E-state index contributed by atoms with van der Waals surface area (Å²) in [4.78, 5) is 27.0. The van der Waals surface area contributed by atoms with Gasteiger partial charge in [0.15, 0.2) is 11.5 Å². The van der Waals surface area contributed by atoms with Crippen LogP contribution in [0.1, 0.15) is 67.6 Å². The maximum Gasteiger partial charge on any atom is 0.335 e. The van der Waals surface area contributed by atoms with Crippen molar-refractivity contribution in [2.24, 2.45) is 5.92 Å². The Bertz CT molecular complexity index is 1130. The van der Waals surface area contributed by atoms with Crippen LogP contribution in [0.25, 0.3) is 0 Å². The predicted octanol–water partition coefficient (Wildman–Crippen LogP) is 4.63. The molecule has 2 fully saturated rings. The van der Waals surface area contributed by atoms with Gasteiger partial charge in [-0.1, -0.05) is 30.3 Å². The number of carbonyl (C=O) groups is 2. The Hall–Kier alpha value is -3.06. The van der Waals surface area contributed by atoms with E-state index in [2.05, 4.69) is 19.9 Å². The number of benzene rings is 2. The van der Waals surface area contributed by atoms with Crippen LogP contribution in [0, 0.1) is 5.92 Å². The second-order valence-corrected chi connectivity index (χ2v) is 10.2. The number of ether oxygens (including phenoxy) is 3. The standard InChI is InChI=1S/C28H33NO6/c1-4-33-23-12-7-11-19-25-20(28(2,3)35-26(19)23)16-21-22(34-25)13-8-14-29(21)24(30)15-17-9-5-6-10-18(17)27(31)32/h5-7,9-12,20-22,25H,4,8,13-16H2,1-3H3,(H,31,32)/t20-,21-,22-,25+/m1/s1. The molecule has 7 nitrogen and oxygen atoms in total. The fraction of sp³-hybridized carbons (Fsp3) is 0.500. The number of piperidine rings is 1. The SMILES string of the molecule is CCOc1cccc2c1OC(C)(C)[C@@H]1C[C@@H]3[C@@H](CCCN3C(=O)Cc3ccccc3C(=O)O)O[C@@H]21. The van der Waals surface area contributed by atoms with E-state index in [0.717, 1.165) is 36.3 Å². The molecule has 2 aromatic rings. The molecule has 2 aromatic carbocycles. The molecular formula is C28H33NO6. The summed E-state index contributed by atoms with van der Waals surface area (Å²) in [6, 6.07) is 12.6. The van der Waals surface area contributed by atoms with Gasteiger partial charge in [-0.3, -0.25) is 4.79 Å². The lowest BCUT2D eigenvalue weighted by Crippen LogP contribution is -2.60. The van der Waals surface area contributed by atoms with Crippen molar-refractivity contribution in [3.8, 4) is 11.5 Å². The number of carboxylic acid groups (broad SMARTS) is 1. The Kier molecular flexibility index (Phi) is 6.21. The van der Waals surface area contributed by atoms with E-state index in [1.54, 1.807) is 24.3 Å². The second kappa shape index (κ2) is 9.19. The lowest BCUT2D eigenvalue weighted by molar-refractivity contribution is -0.193. The van der Waals surface area contributed by atoms with Gasteiger partial charge in [0.2, 0.25) is 5.91 Å². The number of hydrogen-bond acceptors (Lipinski definition) is 5. The smallest absolute Gasteiger partial charge is 0.335 e. The number of hydrogen-bond donors (Lipinski definition) is 1. The van der Waals surface area contributed by atoms with Gasteiger partial charge in [-0.05, 0) is 57.7 Å². The number of fused-ring (bicyclic) bond motifs is 4. The Morgan fingerprint density at radius 2 is 1.97 bits per heavy atom. The van der Waals surface area contributed by atoms with Crippen molar-refractivity contribution in [3.63, 3.8) is 0 Å². The molecule has 0 saturated carbocycles. The van der Waals surface area contributed by atoms with Gasteiger partial charge in [-0.25, -0.2) is 4.79 Å². The highest BCUT2D eigenvalue weighted by Gasteiger charge is 2.53. The van der Waals surface area contributed by atoms with E-state index >= 15 is 0 Å². The summed E-state index contributed by atoms with van der Waals surface area (Å²) >= 11 is 0. The van der Waals surface area contributed by atoms with Crippen LogP contribution in [-0.4, -0.2) is 52.8 Å². The molecule has 0 aliphatic carbocycles. The van der Waals surface area contributed by atoms with Crippen LogP contribution in [0.3, 0.4) is 0 Å². The minimum atomic E-state index is -1.01. The van der Waals surface area contributed by atoms with Gasteiger partial charge in [0, 0.05) is 18.0 Å². The zero-order valence-corrected chi connectivity index (χ0v) is 20.5. The first-order valence-corrected chi connectivity index (χ1v) is 12.5. The molecule has 1 amide bonds. The molecule has 3 aliphatic heterocycles. The minimum Gasteiger partial charge on any atom is -0.490 e. The fourth-order valence-corrected chi connectivity index (χ4v) is 6.00. The number of carboxylic acids is 1. The summed E-state index contributed by atoms with van der Waals surface area (Å²) in [7, 11) is 0. The van der Waals surface area contributed by atoms with Gasteiger partial charge in [0.25, 0.3) is 0 Å². The molecule has 0 radical (unpaired) electrons. The molecule has 0 aromatic heterocycles. The number of para-hydroxylation sites is 1. The van der Waals surface area contributed by atoms with E-state index in [0.29, 0.717) is 18.7 Å². The van der Waals surface area contributed by atoms with Gasteiger partial charge in [-0.2, -0.15) is 0 Å². The van der Waals surface area contributed by atoms with E-state index in [-0.39, 0.29) is 42.1 Å². The van der Waals surface area contributed by atoms with Gasteiger partial charge in [-0.15, -0.1) is 0 Å². The average molecular weight is 480 g/mol.